The van der Waals surface area contributed by atoms with Gasteiger partial charge in [-0.3, -0.25) is 4.79 Å². The number of nitrogens with zero attached hydrogens (tertiary/aromatic N) is 1. The van der Waals surface area contributed by atoms with Crippen molar-refractivity contribution in [2.45, 2.75) is 55.3 Å². The van der Waals surface area contributed by atoms with Gasteiger partial charge in [0.2, 0.25) is 5.91 Å². The third-order valence-corrected chi connectivity index (χ3v) is 9.20. The number of hydrogen-bond acceptors (Lipinski definition) is 3. The lowest BCUT2D eigenvalue weighted by Gasteiger charge is -2.60. The predicted molar refractivity (Wildman–Crippen MR) is 88.6 cm³/mol. The number of rotatable bonds is 2. The van der Waals surface area contributed by atoms with Crippen molar-refractivity contribution in [3.8, 4) is 0 Å². The van der Waals surface area contributed by atoms with Gasteiger partial charge in [-0.15, -0.1) is 0 Å². The lowest BCUT2D eigenvalue weighted by molar-refractivity contribution is -0.155. The van der Waals surface area contributed by atoms with E-state index in [4.69, 9.17) is 0 Å². The van der Waals surface area contributed by atoms with Crippen LogP contribution in [0.4, 0.5) is 0 Å². The molecule has 124 valence electrons. The molecule has 1 aliphatic heterocycles. The van der Waals surface area contributed by atoms with E-state index in [2.05, 4.69) is 15.9 Å². The quantitative estimate of drug-likeness (QED) is 0.681. The summed E-state index contributed by atoms with van der Waals surface area (Å²) in [6, 6.07) is -0.114. The Labute approximate surface area is 141 Å². The van der Waals surface area contributed by atoms with Gasteiger partial charge in [0, 0.05) is 17.4 Å². The summed E-state index contributed by atoms with van der Waals surface area (Å²) in [4.78, 5) is 15.0. The summed E-state index contributed by atoms with van der Waals surface area (Å²) in [5.41, 5.74) is -0.227. The second-order valence-corrected chi connectivity index (χ2v) is 12.3. The molecule has 5 fully saturated rings. The highest BCUT2D eigenvalue weighted by Gasteiger charge is 2.60. The maximum atomic E-state index is 13.2. The van der Waals surface area contributed by atoms with E-state index in [0.29, 0.717) is 18.3 Å². The Morgan fingerprint density at radius 3 is 2.32 bits per heavy atom. The second-order valence-electron chi connectivity index (χ2n) is 8.37. The van der Waals surface area contributed by atoms with Crippen LogP contribution in [0.3, 0.4) is 0 Å². The third-order valence-electron chi connectivity index (χ3n) is 6.52. The fourth-order valence-corrected chi connectivity index (χ4v) is 9.25. The summed E-state index contributed by atoms with van der Waals surface area (Å²) >= 11 is 3.94. The van der Waals surface area contributed by atoms with Crippen molar-refractivity contribution in [2.75, 3.05) is 18.6 Å². The number of carbonyl (C=O) groups is 1. The van der Waals surface area contributed by atoms with Gasteiger partial charge in [0.1, 0.15) is 0 Å². The van der Waals surface area contributed by atoms with Gasteiger partial charge in [0.25, 0.3) is 0 Å². The Balaban J connectivity index is 1.57. The molecule has 4 nitrogen and oxygen atoms in total. The van der Waals surface area contributed by atoms with Crippen LogP contribution >= 0.6 is 15.9 Å². The Morgan fingerprint density at radius 1 is 1.18 bits per heavy atom. The van der Waals surface area contributed by atoms with E-state index in [0.717, 1.165) is 19.3 Å². The van der Waals surface area contributed by atoms with E-state index in [1.807, 2.05) is 7.05 Å². The molecule has 0 unspecified atom stereocenters. The van der Waals surface area contributed by atoms with Gasteiger partial charge in [-0.25, -0.2) is 8.42 Å². The molecule has 22 heavy (non-hydrogen) atoms. The van der Waals surface area contributed by atoms with Crippen LogP contribution in [-0.2, 0) is 14.6 Å². The van der Waals surface area contributed by atoms with Gasteiger partial charge in [0.05, 0.1) is 16.9 Å². The number of alkyl halides is 1. The van der Waals surface area contributed by atoms with E-state index in [1.54, 1.807) is 4.90 Å². The Bertz CT molecular complexity index is 603. The smallest absolute Gasteiger partial charge is 0.228 e. The van der Waals surface area contributed by atoms with E-state index in [-0.39, 0.29) is 33.2 Å². The fourth-order valence-electron chi connectivity index (χ4n) is 6.02. The minimum Gasteiger partial charge on any atom is -0.341 e. The number of hydrogen-bond donors (Lipinski definition) is 0. The highest BCUT2D eigenvalue weighted by molar-refractivity contribution is 9.10. The average Bonchev–Trinajstić information content (AvgIpc) is 2.74. The third kappa shape index (κ3) is 2.36. The molecule has 1 saturated heterocycles. The molecule has 0 spiro atoms. The van der Waals surface area contributed by atoms with Crippen LogP contribution in [0.1, 0.15) is 44.9 Å². The molecule has 0 radical (unpaired) electrons. The van der Waals surface area contributed by atoms with E-state index in [1.165, 1.54) is 19.3 Å². The van der Waals surface area contributed by atoms with Crippen molar-refractivity contribution in [3.05, 3.63) is 0 Å². The number of sulfone groups is 1. The van der Waals surface area contributed by atoms with Crippen LogP contribution in [-0.4, -0.2) is 48.1 Å². The molecule has 3 atom stereocenters. The van der Waals surface area contributed by atoms with Gasteiger partial charge in [-0.05, 0) is 56.8 Å². The first kappa shape index (κ1) is 15.4. The molecule has 5 rings (SSSR count). The monoisotopic (exact) mass is 389 g/mol. The van der Waals surface area contributed by atoms with E-state index >= 15 is 0 Å². The van der Waals surface area contributed by atoms with Gasteiger partial charge >= 0.3 is 0 Å². The van der Waals surface area contributed by atoms with Crippen LogP contribution in [0, 0.1) is 17.3 Å². The first-order valence-electron chi connectivity index (χ1n) is 8.37. The zero-order chi connectivity index (χ0) is 15.8. The van der Waals surface area contributed by atoms with Crippen LogP contribution in [0.25, 0.3) is 0 Å². The molecule has 1 amide bonds. The molecule has 1 heterocycles. The van der Waals surface area contributed by atoms with Crippen LogP contribution in [0.15, 0.2) is 0 Å². The van der Waals surface area contributed by atoms with E-state index < -0.39 is 9.84 Å². The molecule has 0 aromatic carbocycles. The second kappa shape index (κ2) is 4.71. The Hall–Kier alpha value is -0.100. The molecule has 0 aromatic rings. The van der Waals surface area contributed by atoms with Gasteiger partial charge in [-0.2, -0.15) is 0 Å². The molecule has 6 heteroatoms. The molecular weight excluding hydrogens is 366 g/mol. The molecule has 5 aliphatic rings. The summed E-state index contributed by atoms with van der Waals surface area (Å²) in [6.07, 6.45) is 7.27. The zero-order valence-electron chi connectivity index (χ0n) is 13.1. The van der Waals surface area contributed by atoms with Crippen molar-refractivity contribution >= 4 is 31.7 Å². The van der Waals surface area contributed by atoms with Crippen molar-refractivity contribution in [1.29, 1.82) is 0 Å². The molecule has 0 aromatic heterocycles. The number of amides is 1. The highest BCUT2D eigenvalue weighted by atomic mass is 79.9. The van der Waals surface area contributed by atoms with Crippen molar-refractivity contribution < 1.29 is 13.2 Å². The first-order chi connectivity index (χ1) is 10.2. The van der Waals surface area contributed by atoms with Crippen molar-refractivity contribution in [3.63, 3.8) is 0 Å². The summed E-state index contributed by atoms with van der Waals surface area (Å²) < 4.78 is 23.6. The Kier molecular flexibility index (Phi) is 3.31. The average molecular weight is 390 g/mol. The lowest BCUT2D eigenvalue weighted by Crippen LogP contribution is -2.59. The minimum absolute atomic E-state index is 0.114. The van der Waals surface area contributed by atoms with Crippen LogP contribution in [0.2, 0.25) is 0 Å². The topological polar surface area (TPSA) is 54.5 Å². The normalized spacial score (nSPS) is 48.5. The van der Waals surface area contributed by atoms with Crippen molar-refractivity contribution in [2.24, 2.45) is 17.3 Å². The standard InChI is InChI=1S/C16H24BrNO3S/c1-18(13-2-3-22(20,21)9-13)14(19)15-5-11-4-12(6-15)8-16(17,7-11)10-15/h11-13H,2-10H2,1H3/t11-,12-,13+,15?,16?/m1/s1. The minimum atomic E-state index is -2.95. The van der Waals surface area contributed by atoms with Crippen molar-refractivity contribution in [1.82, 2.24) is 4.90 Å². The molecule has 4 saturated carbocycles. The van der Waals surface area contributed by atoms with Crippen LogP contribution in [0.5, 0.6) is 0 Å². The Morgan fingerprint density at radius 2 is 1.82 bits per heavy atom. The van der Waals surface area contributed by atoms with Gasteiger partial charge < -0.3 is 4.90 Å². The molecular formula is C16H24BrNO3S. The summed E-state index contributed by atoms with van der Waals surface area (Å²) in [6.45, 7) is 0. The number of halogens is 1. The summed E-state index contributed by atoms with van der Waals surface area (Å²) in [5.74, 6) is 1.94. The predicted octanol–water partition coefficient (Wildman–Crippen LogP) is 2.37. The SMILES string of the molecule is CN(C(=O)C12C[C@H]3C[C@@H](CC(Br)(C3)C1)C2)[C@H]1CCS(=O)(=O)C1. The molecule has 0 N–H and O–H groups in total. The van der Waals surface area contributed by atoms with Gasteiger partial charge in [-0.1, -0.05) is 15.9 Å². The van der Waals surface area contributed by atoms with Crippen LogP contribution < -0.4 is 0 Å². The molecule has 4 bridgehead atoms. The highest BCUT2D eigenvalue weighted by Crippen LogP contribution is 2.64. The van der Waals surface area contributed by atoms with Gasteiger partial charge in [0.15, 0.2) is 9.84 Å². The largest absolute Gasteiger partial charge is 0.341 e. The molecule has 4 aliphatic carbocycles. The summed E-state index contributed by atoms with van der Waals surface area (Å²) in [5, 5.41) is 0. The fraction of sp³-hybridized carbons (Fsp3) is 0.938. The summed E-state index contributed by atoms with van der Waals surface area (Å²) in [7, 11) is -1.12. The number of carbonyl (C=O) groups excluding carboxylic acids is 1. The maximum absolute atomic E-state index is 13.2. The lowest BCUT2D eigenvalue weighted by atomic mass is 9.49. The zero-order valence-corrected chi connectivity index (χ0v) is 15.5. The first-order valence-corrected chi connectivity index (χ1v) is 11.0. The maximum Gasteiger partial charge on any atom is 0.228 e. The van der Waals surface area contributed by atoms with E-state index in [9.17, 15) is 13.2 Å².